The second kappa shape index (κ2) is 9.13. The normalized spacial score (nSPS) is 12.2. The van der Waals surface area contributed by atoms with Crippen molar-refractivity contribution in [2.75, 3.05) is 19.5 Å². The van der Waals surface area contributed by atoms with E-state index < -0.39 is 23.4 Å². The van der Waals surface area contributed by atoms with E-state index >= 15 is 0 Å². The SMILES string of the molecule is COc1ccc(C(C(=O)Nc2ccc(C(C)(C)C)cc2)N(C)C(=O)c2cc(=O)[nH]o2)cc1. The zero-order valence-electron chi connectivity index (χ0n) is 18.8. The summed E-state index contributed by atoms with van der Waals surface area (Å²) >= 11 is 0. The Morgan fingerprint density at radius 3 is 2.19 bits per heavy atom. The number of anilines is 1. The number of hydrogen-bond acceptors (Lipinski definition) is 5. The van der Waals surface area contributed by atoms with Gasteiger partial charge in [0, 0.05) is 12.7 Å². The van der Waals surface area contributed by atoms with Crippen LogP contribution in [0.15, 0.2) is 63.9 Å². The summed E-state index contributed by atoms with van der Waals surface area (Å²) < 4.78 is 10.1. The number of hydrogen-bond donors (Lipinski definition) is 2. The van der Waals surface area contributed by atoms with Gasteiger partial charge in [0.2, 0.25) is 5.76 Å². The van der Waals surface area contributed by atoms with Crippen LogP contribution in [-0.2, 0) is 10.2 Å². The Bertz CT molecular complexity index is 1140. The fourth-order valence-electron chi connectivity index (χ4n) is 3.28. The molecule has 0 aliphatic rings. The summed E-state index contributed by atoms with van der Waals surface area (Å²) in [6.07, 6.45) is 0. The van der Waals surface area contributed by atoms with Gasteiger partial charge in [0.05, 0.1) is 13.2 Å². The number of benzene rings is 2. The van der Waals surface area contributed by atoms with Crippen molar-refractivity contribution in [3.05, 3.63) is 81.8 Å². The largest absolute Gasteiger partial charge is 0.497 e. The molecule has 0 fully saturated rings. The highest BCUT2D eigenvalue weighted by atomic mass is 16.5. The van der Waals surface area contributed by atoms with Crippen LogP contribution in [0.2, 0.25) is 0 Å². The van der Waals surface area contributed by atoms with E-state index in [1.54, 1.807) is 31.4 Å². The van der Waals surface area contributed by atoms with Gasteiger partial charge in [-0.05, 0) is 40.8 Å². The van der Waals surface area contributed by atoms with Crippen LogP contribution < -0.4 is 15.6 Å². The predicted octanol–water partition coefficient (Wildman–Crippen LogP) is 3.73. The lowest BCUT2D eigenvalue weighted by Crippen LogP contribution is -2.38. The summed E-state index contributed by atoms with van der Waals surface area (Å²) in [6, 6.07) is 14.5. The molecular formula is C24H27N3O5. The number of ether oxygens (including phenoxy) is 1. The molecule has 0 bridgehead atoms. The minimum atomic E-state index is -0.976. The number of aromatic amines is 1. The summed E-state index contributed by atoms with van der Waals surface area (Å²) in [6.45, 7) is 6.33. The van der Waals surface area contributed by atoms with Gasteiger partial charge in [0.15, 0.2) is 0 Å². The number of methoxy groups -OCH3 is 1. The van der Waals surface area contributed by atoms with E-state index in [1.165, 1.54) is 11.9 Å². The van der Waals surface area contributed by atoms with Crippen molar-refractivity contribution in [2.24, 2.45) is 0 Å². The van der Waals surface area contributed by atoms with Crippen LogP contribution >= 0.6 is 0 Å². The predicted molar refractivity (Wildman–Crippen MR) is 121 cm³/mol. The smallest absolute Gasteiger partial charge is 0.293 e. The Morgan fingerprint density at radius 2 is 1.69 bits per heavy atom. The third kappa shape index (κ3) is 5.08. The molecule has 0 aliphatic carbocycles. The molecule has 0 spiro atoms. The first-order chi connectivity index (χ1) is 15.1. The van der Waals surface area contributed by atoms with Gasteiger partial charge in [-0.25, -0.2) is 0 Å². The van der Waals surface area contributed by atoms with Crippen LogP contribution in [-0.4, -0.2) is 36.0 Å². The third-order valence-corrected chi connectivity index (χ3v) is 5.14. The van der Waals surface area contributed by atoms with Crippen molar-refractivity contribution in [2.45, 2.75) is 32.2 Å². The molecule has 8 nitrogen and oxygen atoms in total. The van der Waals surface area contributed by atoms with E-state index in [0.29, 0.717) is 17.0 Å². The minimum Gasteiger partial charge on any atom is -0.497 e. The second-order valence-corrected chi connectivity index (χ2v) is 8.49. The van der Waals surface area contributed by atoms with Crippen LogP contribution in [0.5, 0.6) is 5.75 Å². The molecule has 3 aromatic rings. The molecule has 32 heavy (non-hydrogen) atoms. The highest BCUT2D eigenvalue weighted by molar-refractivity contribution is 6.00. The molecule has 0 radical (unpaired) electrons. The molecule has 2 N–H and O–H groups in total. The minimum absolute atomic E-state index is 0.0126. The van der Waals surface area contributed by atoms with Gasteiger partial charge < -0.3 is 19.5 Å². The summed E-state index contributed by atoms with van der Waals surface area (Å²) in [5.41, 5.74) is 1.77. The second-order valence-electron chi connectivity index (χ2n) is 8.49. The van der Waals surface area contributed by atoms with Crippen LogP contribution in [0.4, 0.5) is 5.69 Å². The topological polar surface area (TPSA) is 105 Å². The first-order valence-electron chi connectivity index (χ1n) is 10.1. The number of H-pyrrole nitrogens is 1. The maximum absolute atomic E-state index is 13.3. The van der Waals surface area contributed by atoms with E-state index in [1.807, 2.05) is 24.3 Å². The Kier molecular flexibility index (Phi) is 6.53. The Balaban J connectivity index is 1.91. The Hall–Kier alpha value is -3.81. The van der Waals surface area contributed by atoms with Crippen molar-refractivity contribution < 1.29 is 18.8 Å². The molecule has 1 heterocycles. The summed E-state index contributed by atoms with van der Waals surface area (Å²) in [4.78, 5) is 38.8. The van der Waals surface area contributed by atoms with Gasteiger partial charge in [-0.3, -0.25) is 14.4 Å². The molecule has 0 saturated carbocycles. The van der Waals surface area contributed by atoms with Gasteiger partial charge >= 0.3 is 0 Å². The molecule has 168 valence electrons. The van der Waals surface area contributed by atoms with Crippen LogP contribution in [0.1, 0.15) is 48.5 Å². The molecule has 0 aliphatic heterocycles. The lowest BCUT2D eigenvalue weighted by Gasteiger charge is -2.27. The van der Waals surface area contributed by atoms with Crippen molar-refractivity contribution in [3.8, 4) is 5.75 Å². The van der Waals surface area contributed by atoms with E-state index in [4.69, 9.17) is 9.26 Å². The number of carbonyl (C=O) groups excluding carboxylic acids is 2. The Labute approximate surface area is 186 Å². The number of carbonyl (C=O) groups is 2. The zero-order chi connectivity index (χ0) is 23.5. The first kappa shape index (κ1) is 22.9. The van der Waals surface area contributed by atoms with Crippen LogP contribution in [0.3, 0.4) is 0 Å². The van der Waals surface area contributed by atoms with Crippen molar-refractivity contribution in [3.63, 3.8) is 0 Å². The number of nitrogens with zero attached hydrogens (tertiary/aromatic N) is 1. The first-order valence-corrected chi connectivity index (χ1v) is 10.1. The summed E-state index contributed by atoms with van der Waals surface area (Å²) in [5, 5.41) is 4.97. The Morgan fingerprint density at radius 1 is 1.06 bits per heavy atom. The summed E-state index contributed by atoms with van der Waals surface area (Å²) in [5.74, 6) is -0.579. The highest BCUT2D eigenvalue weighted by Gasteiger charge is 2.31. The molecule has 1 atom stereocenters. The molecule has 2 aromatic carbocycles. The van der Waals surface area contributed by atoms with Crippen molar-refractivity contribution in [1.29, 1.82) is 0 Å². The molecule has 2 amide bonds. The average molecular weight is 437 g/mol. The maximum Gasteiger partial charge on any atom is 0.293 e. The molecule has 3 rings (SSSR count). The van der Waals surface area contributed by atoms with Gasteiger partial charge in [0.25, 0.3) is 17.4 Å². The molecular weight excluding hydrogens is 410 g/mol. The van der Waals surface area contributed by atoms with Gasteiger partial charge in [0.1, 0.15) is 11.8 Å². The molecule has 1 unspecified atom stereocenters. The number of aromatic nitrogens is 1. The van der Waals surface area contributed by atoms with Crippen molar-refractivity contribution in [1.82, 2.24) is 10.1 Å². The molecule has 0 saturated heterocycles. The lowest BCUT2D eigenvalue weighted by molar-refractivity contribution is -0.120. The van der Waals surface area contributed by atoms with E-state index in [9.17, 15) is 14.4 Å². The zero-order valence-corrected chi connectivity index (χ0v) is 18.8. The monoisotopic (exact) mass is 437 g/mol. The van der Waals surface area contributed by atoms with Crippen LogP contribution in [0, 0.1) is 0 Å². The van der Waals surface area contributed by atoms with Gasteiger partial charge in [-0.1, -0.05) is 45.0 Å². The number of likely N-dealkylation sites (N-methyl/N-ethyl adjacent to an activating group) is 1. The number of amides is 2. The van der Waals surface area contributed by atoms with Gasteiger partial charge in [-0.2, -0.15) is 5.16 Å². The van der Waals surface area contributed by atoms with Crippen LogP contribution in [0.25, 0.3) is 0 Å². The average Bonchev–Trinajstić information content (AvgIpc) is 3.19. The fourth-order valence-corrected chi connectivity index (χ4v) is 3.28. The lowest BCUT2D eigenvalue weighted by atomic mass is 9.87. The molecule has 8 heteroatoms. The van der Waals surface area contributed by atoms with E-state index in [-0.39, 0.29) is 11.2 Å². The quantitative estimate of drug-likeness (QED) is 0.611. The van der Waals surface area contributed by atoms with E-state index in [2.05, 4.69) is 31.2 Å². The number of nitrogens with one attached hydrogen (secondary N) is 2. The summed E-state index contributed by atoms with van der Waals surface area (Å²) in [7, 11) is 3.02. The highest BCUT2D eigenvalue weighted by Crippen LogP contribution is 2.27. The third-order valence-electron chi connectivity index (χ3n) is 5.14. The maximum atomic E-state index is 13.3. The standard InChI is InChI=1S/C24H27N3O5/c1-24(2,3)16-8-10-17(11-9-16)25-22(29)21(15-6-12-18(31-5)13-7-15)27(4)23(30)19-14-20(28)26-32-19/h6-14,21H,1-5H3,(H,25,29)(H,26,28). The van der Waals surface area contributed by atoms with Gasteiger partial charge in [-0.15, -0.1) is 0 Å². The number of rotatable bonds is 6. The van der Waals surface area contributed by atoms with Crippen molar-refractivity contribution >= 4 is 17.5 Å². The fraction of sp³-hybridized carbons (Fsp3) is 0.292. The molecule has 1 aromatic heterocycles. The van der Waals surface area contributed by atoms with E-state index in [0.717, 1.165) is 11.6 Å².